The second-order valence-corrected chi connectivity index (χ2v) is 5.96. The molecule has 1 saturated heterocycles. The fourth-order valence-corrected chi connectivity index (χ4v) is 2.94. The molecule has 0 aliphatic carbocycles. The van der Waals surface area contributed by atoms with Crippen molar-refractivity contribution in [3.63, 3.8) is 0 Å². The Balaban J connectivity index is 1.77. The Morgan fingerprint density at radius 3 is 1.96 bits per heavy atom. The third-order valence-corrected chi connectivity index (χ3v) is 4.22. The zero-order chi connectivity index (χ0) is 16.1. The maximum absolute atomic E-state index is 13.2. The first kappa shape index (κ1) is 16.1. The first-order valence-corrected chi connectivity index (χ1v) is 8.08. The first-order chi connectivity index (χ1) is 11.2. The van der Waals surface area contributed by atoms with E-state index >= 15 is 0 Å². The second kappa shape index (κ2) is 7.66. The molecular weight excluding hydrogens is 296 g/mol. The Morgan fingerprint density at radius 1 is 0.913 bits per heavy atom. The van der Waals surface area contributed by atoms with E-state index in [4.69, 9.17) is 4.74 Å². The topological polar surface area (TPSA) is 21.3 Å². The predicted octanol–water partition coefficient (Wildman–Crippen LogP) is 4.21. The molecule has 0 amide bonds. The van der Waals surface area contributed by atoms with Crippen LogP contribution in [0.1, 0.15) is 36.5 Å². The molecule has 122 valence electrons. The second-order valence-electron chi connectivity index (χ2n) is 5.96. The number of hydrogen-bond donors (Lipinski definition) is 1. The third-order valence-electron chi connectivity index (χ3n) is 4.22. The van der Waals surface area contributed by atoms with Gasteiger partial charge in [0.1, 0.15) is 17.7 Å². The number of nitrogens with one attached hydrogen (secondary N) is 1. The molecule has 0 bridgehead atoms. The van der Waals surface area contributed by atoms with Crippen LogP contribution in [0.5, 0.6) is 0 Å². The van der Waals surface area contributed by atoms with E-state index < -0.39 is 0 Å². The van der Waals surface area contributed by atoms with Gasteiger partial charge in [0.05, 0.1) is 6.61 Å². The fourth-order valence-electron chi connectivity index (χ4n) is 2.94. The van der Waals surface area contributed by atoms with Crippen molar-refractivity contribution in [2.24, 2.45) is 0 Å². The van der Waals surface area contributed by atoms with Gasteiger partial charge in [-0.15, -0.1) is 0 Å². The molecule has 1 heterocycles. The van der Waals surface area contributed by atoms with Crippen molar-refractivity contribution in [1.29, 1.82) is 0 Å². The average molecular weight is 317 g/mol. The van der Waals surface area contributed by atoms with E-state index in [0.29, 0.717) is 12.6 Å². The molecule has 1 fully saturated rings. The Hall–Kier alpha value is -1.78. The Morgan fingerprint density at radius 2 is 1.48 bits per heavy atom. The van der Waals surface area contributed by atoms with Gasteiger partial charge in [-0.05, 0) is 54.8 Å². The van der Waals surface area contributed by atoms with Gasteiger partial charge in [-0.3, -0.25) is 0 Å². The number of halogens is 2. The van der Waals surface area contributed by atoms with Gasteiger partial charge < -0.3 is 10.1 Å². The average Bonchev–Trinajstić information content (AvgIpc) is 2.59. The van der Waals surface area contributed by atoms with Crippen molar-refractivity contribution in [3.8, 4) is 0 Å². The van der Waals surface area contributed by atoms with E-state index in [1.807, 2.05) is 0 Å². The maximum atomic E-state index is 13.2. The van der Waals surface area contributed by atoms with Crippen LogP contribution in [-0.2, 0) is 4.74 Å². The van der Waals surface area contributed by atoms with Crippen molar-refractivity contribution in [2.45, 2.75) is 31.4 Å². The van der Waals surface area contributed by atoms with Crippen molar-refractivity contribution >= 4 is 0 Å². The molecular formula is C19H21F2NO. The Kier molecular flexibility index (Phi) is 5.36. The lowest BCUT2D eigenvalue weighted by atomic mass is 10.0. The summed E-state index contributed by atoms with van der Waals surface area (Å²) in [5.74, 6) is -0.555. The van der Waals surface area contributed by atoms with Crippen LogP contribution in [-0.4, -0.2) is 19.2 Å². The van der Waals surface area contributed by atoms with Gasteiger partial charge >= 0.3 is 0 Å². The summed E-state index contributed by atoms with van der Waals surface area (Å²) < 4.78 is 32.5. The Labute approximate surface area is 135 Å². The summed E-state index contributed by atoms with van der Waals surface area (Å²) in [5, 5.41) is 3.45. The molecule has 0 radical (unpaired) electrons. The molecule has 1 N–H and O–H groups in total. The Bertz CT molecular complexity index is 561. The highest BCUT2D eigenvalue weighted by Crippen LogP contribution is 2.27. The summed E-state index contributed by atoms with van der Waals surface area (Å²) in [5.41, 5.74) is 1.74. The molecule has 2 nitrogen and oxygen atoms in total. The van der Waals surface area contributed by atoms with Crippen molar-refractivity contribution in [3.05, 3.63) is 71.3 Å². The fraction of sp³-hybridized carbons (Fsp3) is 0.368. The summed E-state index contributed by atoms with van der Waals surface area (Å²) >= 11 is 0. The molecule has 3 rings (SSSR count). The number of ether oxygens (including phenoxy) is 1. The lowest BCUT2D eigenvalue weighted by Crippen LogP contribution is -2.38. The minimum atomic E-state index is -0.320. The third kappa shape index (κ3) is 4.36. The van der Waals surface area contributed by atoms with Crippen LogP contribution < -0.4 is 5.32 Å². The van der Waals surface area contributed by atoms with Crippen molar-refractivity contribution in [2.75, 3.05) is 13.2 Å². The molecule has 0 spiro atoms. The largest absolute Gasteiger partial charge is 0.367 e. The van der Waals surface area contributed by atoms with E-state index in [1.54, 1.807) is 24.3 Å². The molecule has 1 atom stereocenters. The molecule has 1 aliphatic rings. The summed E-state index contributed by atoms with van der Waals surface area (Å²) in [6.45, 7) is 1.60. The van der Waals surface area contributed by atoms with Crippen molar-refractivity contribution in [1.82, 2.24) is 5.32 Å². The van der Waals surface area contributed by atoms with E-state index in [-0.39, 0.29) is 17.7 Å². The minimum Gasteiger partial charge on any atom is -0.367 e. The van der Waals surface area contributed by atoms with Gasteiger partial charge in [0, 0.05) is 6.04 Å². The molecule has 0 saturated carbocycles. The van der Waals surface area contributed by atoms with E-state index in [9.17, 15) is 8.78 Å². The van der Waals surface area contributed by atoms with E-state index in [1.165, 1.54) is 37.1 Å². The van der Waals surface area contributed by atoms with Crippen LogP contribution in [0.15, 0.2) is 48.5 Å². The molecule has 23 heavy (non-hydrogen) atoms. The van der Waals surface area contributed by atoms with Gasteiger partial charge in [0.2, 0.25) is 0 Å². The van der Waals surface area contributed by atoms with Gasteiger partial charge in [0.25, 0.3) is 0 Å². The number of rotatable bonds is 5. The maximum Gasteiger partial charge on any atom is 0.123 e. The van der Waals surface area contributed by atoms with Crippen LogP contribution >= 0.6 is 0 Å². The lowest BCUT2D eigenvalue weighted by Gasteiger charge is -2.26. The number of hydrogen-bond acceptors (Lipinski definition) is 2. The van der Waals surface area contributed by atoms with Crippen LogP contribution in [0, 0.1) is 11.6 Å². The monoisotopic (exact) mass is 317 g/mol. The van der Waals surface area contributed by atoms with Gasteiger partial charge in [-0.25, -0.2) is 8.78 Å². The van der Waals surface area contributed by atoms with Gasteiger partial charge in [-0.2, -0.15) is 0 Å². The van der Waals surface area contributed by atoms with Crippen LogP contribution in [0.2, 0.25) is 0 Å². The standard InChI is InChI=1S/C19H21F2NO/c20-16-8-4-14(5-9-16)19(15-6-10-17(21)11-7-15)23-13-18-3-1-2-12-22-18/h4-11,18-19,22H,1-3,12-13H2. The zero-order valence-corrected chi connectivity index (χ0v) is 13.0. The molecule has 1 unspecified atom stereocenters. The van der Waals surface area contributed by atoms with Crippen molar-refractivity contribution < 1.29 is 13.5 Å². The highest BCUT2D eigenvalue weighted by atomic mass is 19.1. The molecule has 2 aromatic carbocycles. The quantitative estimate of drug-likeness (QED) is 0.892. The summed E-state index contributed by atoms with van der Waals surface area (Å²) in [4.78, 5) is 0. The molecule has 4 heteroatoms. The molecule has 2 aromatic rings. The SMILES string of the molecule is Fc1ccc(C(OCC2CCCCN2)c2ccc(F)cc2)cc1. The van der Waals surface area contributed by atoms with Gasteiger partial charge in [0.15, 0.2) is 0 Å². The summed E-state index contributed by atoms with van der Waals surface area (Å²) in [7, 11) is 0. The number of benzene rings is 2. The molecule has 0 aromatic heterocycles. The summed E-state index contributed by atoms with van der Waals surface area (Å²) in [6, 6.07) is 12.9. The molecule has 1 aliphatic heterocycles. The smallest absolute Gasteiger partial charge is 0.123 e. The van der Waals surface area contributed by atoms with Crippen LogP contribution in [0.25, 0.3) is 0 Å². The summed E-state index contributed by atoms with van der Waals surface area (Å²) in [6.07, 6.45) is 3.19. The lowest BCUT2D eigenvalue weighted by molar-refractivity contribution is 0.0565. The minimum absolute atomic E-state index is 0.277. The van der Waals surface area contributed by atoms with E-state index in [0.717, 1.165) is 24.1 Å². The highest BCUT2D eigenvalue weighted by molar-refractivity contribution is 5.30. The van der Waals surface area contributed by atoms with E-state index in [2.05, 4.69) is 5.32 Å². The normalized spacial score (nSPS) is 18.3. The highest BCUT2D eigenvalue weighted by Gasteiger charge is 2.19. The van der Waals surface area contributed by atoms with Crippen LogP contribution in [0.4, 0.5) is 8.78 Å². The predicted molar refractivity (Wildman–Crippen MR) is 86.2 cm³/mol. The zero-order valence-electron chi connectivity index (χ0n) is 13.0. The first-order valence-electron chi connectivity index (χ1n) is 8.08. The van der Waals surface area contributed by atoms with Gasteiger partial charge in [-0.1, -0.05) is 30.7 Å². The number of piperidine rings is 1. The van der Waals surface area contributed by atoms with Crippen LogP contribution in [0.3, 0.4) is 0 Å².